The predicted molar refractivity (Wildman–Crippen MR) is 76.2 cm³/mol. The minimum Gasteiger partial charge on any atom is -0.497 e. The molecular weight excluding hydrogens is 256 g/mol. The lowest BCUT2D eigenvalue weighted by Gasteiger charge is -2.02. The van der Waals surface area contributed by atoms with Gasteiger partial charge in [-0.15, -0.1) is 0 Å². The van der Waals surface area contributed by atoms with Gasteiger partial charge in [-0.25, -0.2) is 10.2 Å². The number of hydrogen-bond donors (Lipinski definition) is 1. The molecule has 5 heteroatoms. The van der Waals surface area contributed by atoms with E-state index in [9.17, 15) is 4.79 Å². The molecule has 0 bridgehead atoms. The van der Waals surface area contributed by atoms with E-state index in [1.54, 1.807) is 37.4 Å². The predicted octanol–water partition coefficient (Wildman–Crippen LogP) is 2.82. The van der Waals surface area contributed by atoms with Gasteiger partial charge in [0.15, 0.2) is 0 Å². The van der Waals surface area contributed by atoms with E-state index in [0.717, 1.165) is 11.3 Å². The Hall–Kier alpha value is -2.82. The summed E-state index contributed by atoms with van der Waals surface area (Å²) in [5.74, 6) is 1.18. The lowest BCUT2D eigenvalue weighted by molar-refractivity contribution is 0.201. The topological polar surface area (TPSA) is 59.9 Å². The van der Waals surface area contributed by atoms with Gasteiger partial charge in [-0.3, -0.25) is 0 Å². The van der Waals surface area contributed by atoms with E-state index in [4.69, 9.17) is 9.47 Å². The minimum absolute atomic E-state index is 0.460. The van der Waals surface area contributed by atoms with E-state index in [0.29, 0.717) is 5.75 Å². The van der Waals surface area contributed by atoms with Crippen LogP contribution in [0.5, 0.6) is 11.5 Å². The molecule has 0 radical (unpaired) electrons. The van der Waals surface area contributed by atoms with E-state index >= 15 is 0 Å². The number of nitrogens with zero attached hydrogens (tertiary/aromatic N) is 1. The number of hydrogen-bond acceptors (Lipinski definition) is 4. The lowest BCUT2D eigenvalue weighted by Crippen LogP contribution is -2.21. The first-order valence-corrected chi connectivity index (χ1v) is 5.98. The summed E-state index contributed by atoms with van der Waals surface area (Å²) in [7, 11) is 1.59. The molecule has 0 heterocycles. The molecular formula is C15H14N2O3. The van der Waals surface area contributed by atoms with Crippen LogP contribution in [0.2, 0.25) is 0 Å². The third kappa shape index (κ3) is 4.13. The normalized spacial score (nSPS) is 10.2. The van der Waals surface area contributed by atoms with Crippen molar-refractivity contribution < 1.29 is 14.3 Å². The van der Waals surface area contributed by atoms with Crippen LogP contribution in [-0.2, 0) is 0 Å². The number of carbonyl (C=O) groups is 1. The number of nitrogens with one attached hydrogen (secondary N) is 1. The molecule has 0 aromatic heterocycles. The van der Waals surface area contributed by atoms with Crippen molar-refractivity contribution >= 4 is 12.3 Å². The van der Waals surface area contributed by atoms with Crippen LogP contribution in [-0.4, -0.2) is 19.4 Å². The Morgan fingerprint density at radius 3 is 2.60 bits per heavy atom. The van der Waals surface area contributed by atoms with Crippen molar-refractivity contribution in [1.29, 1.82) is 0 Å². The molecule has 0 aliphatic rings. The van der Waals surface area contributed by atoms with Crippen LogP contribution in [0.1, 0.15) is 5.56 Å². The van der Waals surface area contributed by atoms with Gasteiger partial charge in [-0.1, -0.05) is 30.3 Å². The molecule has 1 amide bonds. The molecule has 0 fully saturated rings. The van der Waals surface area contributed by atoms with Crippen molar-refractivity contribution in [3.8, 4) is 11.5 Å². The molecule has 2 aromatic carbocycles. The summed E-state index contributed by atoms with van der Waals surface area (Å²) in [6.07, 6.45) is 0.866. The average Bonchev–Trinajstić information content (AvgIpc) is 2.48. The van der Waals surface area contributed by atoms with Gasteiger partial charge in [0.25, 0.3) is 0 Å². The molecule has 0 spiro atoms. The smallest absolute Gasteiger partial charge is 0.433 e. The number of para-hydroxylation sites is 1. The summed E-state index contributed by atoms with van der Waals surface area (Å²) < 4.78 is 10.1. The Morgan fingerprint density at radius 1 is 1.10 bits per heavy atom. The first kappa shape index (κ1) is 13.6. The number of rotatable bonds is 4. The summed E-state index contributed by atoms with van der Waals surface area (Å²) in [4.78, 5) is 11.5. The van der Waals surface area contributed by atoms with Crippen LogP contribution in [0, 0.1) is 0 Å². The van der Waals surface area contributed by atoms with E-state index in [1.165, 1.54) is 6.21 Å². The van der Waals surface area contributed by atoms with Crippen LogP contribution >= 0.6 is 0 Å². The number of carbonyl (C=O) groups excluding carboxylic acids is 1. The average molecular weight is 270 g/mol. The van der Waals surface area contributed by atoms with Crippen molar-refractivity contribution in [3.05, 3.63) is 60.2 Å². The van der Waals surface area contributed by atoms with Crippen molar-refractivity contribution in [3.63, 3.8) is 0 Å². The van der Waals surface area contributed by atoms with Gasteiger partial charge in [-0.2, -0.15) is 5.10 Å². The third-order valence-corrected chi connectivity index (χ3v) is 2.42. The first-order valence-electron chi connectivity index (χ1n) is 5.98. The quantitative estimate of drug-likeness (QED) is 0.686. The van der Waals surface area contributed by atoms with Crippen molar-refractivity contribution in [2.75, 3.05) is 7.11 Å². The highest BCUT2D eigenvalue weighted by atomic mass is 16.6. The fraction of sp³-hybridized carbons (Fsp3) is 0.0667. The maximum atomic E-state index is 11.5. The van der Waals surface area contributed by atoms with Crippen molar-refractivity contribution in [2.24, 2.45) is 5.10 Å². The number of methoxy groups -OCH3 is 1. The molecule has 20 heavy (non-hydrogen) atoms. The van der Waals surface area contributed by atoms with Crippen LogP contribution in [0.15, 0.2) is 59.7 Å². The Labute approximate surface area is 116 Å². The molecule has 2 rings (SSSR count). The molecule has 0 saturated carbocycles. The van der Waals surface area contributed by atoms with Crippen molar-refractivity contribution in [2.45, 2.75) is 0 Å². The van der Waals surface area contributed by atoms with Gasteiger partial charge in [0.05, 0.1) is 13.3 Å². The van der Waals surface area contributed by atoms with E-state index in [-0.39, 0.29) is 0 Å². The van der Waals surface area contributed by atoms with Crippen LogP contribution in [0.3, 0.4) is 0 Å². The molecule has 0 aliphatic carbocycles. The third-order valence-electron chi connectivity index (χ3n) is 2.42. The molecule has 1 N–H and O–H groups in total. The second-order valence-corrected chi connectivity index (χ2v) is 3.85. The number of ether oxygens (including phenoxy) is 2. The standard InChI is InChI=1S/C15H14N2O3/c1-19-14-9-5-6-12(10-14)11-16-17-15(18)20-13-7-3-2-4-8-13/h2-11H,1H3,(H,17,18). The highest BCUT2D eigenvalue weighted by Crippen LogP contribution is 2.10. The summed E-state index contributed by atoms with van der Waals surface area (Å²) >= 11 is 0. The maximum absolute atomic E-state index is 11.5. The molecule has 2 aromatic rings. The Morgan fingerprint density at radius 2 is 1.85 bits per heavy atom. The Bertz CT molecular complexity index is 597. The molecule has 0 unspecified atom stereocenters. The Balaban J connectivity index is 1.88. The largest absolute Gasteiger partial charge is 0.497 e. The van der Waals surface area contributed by atoms with Gasteiger partial charge in [0.2, 0.25) is 0 Å². The molecule has 0 saturated heterocycles. The number of hydrazone groups is 1. The Kier molecular flexibility index (Phi) is 4.72. The van der Waals surface area contributed by atoms with Crippen LogP contribution in [0.25, 0.3) is 0 Å². The highest BCUT2D eigenvalue weighted by molar-refractivity contribution is 5.81. The van der Waals surface area contributed by atoms with Gasteiger partial charge < -0.3 is 9.47 Å². The van der Waals surface area contributed by atoms with Crippen LogP contribution in [0.4, 0.5) is 4.79 Å². The summed E-state index contributed by atoms with van der Waals surface area (Å²) in [6.45, 7) is 0. The fourth-order valence-corrected chi connectivity index (χ4v) is 1.50. The number of benzene rings is 2. The van der Waals surface area contributed by atoms with E-state index in [1.807, 2.05) is 24.3 Å². The number of amides is 1. The lowest BCUT2D eigenvalue weighted by atomic mass is 10.2. The second-order valence-electron chi connectivity index (χ2n) is 3.85. The molecule has 0 aliphatic heterocycles. The maximum Gasteiger partial charge on any atom is 0.433 e. The zero-order valence-corrected chi connectivity index (χ0v) is 10.9. The zero-order valence-electron chi connectivity index (χ0n) is 10.9. The van der Waals surface area contributed by atoms with Crippen molar-refractivity contribution in [1.82, 2.24) is 5.43 Å². The van der Waals surface area contributed by atoms with E-state index < -0.39 is 6.09 Å². The summed E-state index contributed by atoms with van der Waals surface area (Å²) in [5, 5.41) is 3.81. The minimum atomic E-state index is -0.643. The monoisotopic (exact) mass is 270 g/mol. The molecule has 5 nitrogen and oxygen atoms in total. The first-order chi connectivity index (χ1) is 9.78. The summed E-state index contributed by atoms with van der Waals surface area (Å²) in [6, 6.07) is 16.1. The fourth-order valence-electron chi connectivity index (χ4n) is 1.50. The van der Waals surface area contributed by atoms with E-state index in [2.05, 4.69) is 10.5 Å². The van der Waals surface area contributed by atoms with Gasteiger partial charge >= 0.3 is 6.09 Å². The van der Waals surface area contributed by atoms with Gasteiger partial charge in [0.1, 0.15) is 11.5 Å². The van der Waals surface area contributed by atoms with Gasteiger partial charge in [0, 0.05) is 0 Å². The highest BCUT2D eigenvalue weighted by Gasteiger charge is 2.01. The van der Waals surface area contributed by atoms with Crippen LogP contribution < -0.4 is 14.9 Å². The molecule has 0 atom stereocenters. The zero-order chi connectivity index (χ0) is 14.2. The SMILES string of the molecule is COc1cccc(C=NNC(=O)Oc2ccccc2)c1. The molecule has 102 valence electrons. The second kappa shape index (κ2) is 6.94. The van der Waals surface area contributed by atoms with Gasteiger partial charge in [-0.05, 0) is 29.8 Å². The summed E-state index contributed by atoms with van der Waals surface area (Å²) in [5.41, 5.74) is 3.09.